The van der Waals surface area contributed by atoms with E-state index < -0.39 is 11.9 Å². The Kier molecular flexibility index (Phi) is 5.28. The molecule has 0 radical (unpaired) electrons. The number of pyridine rings is 1. The van der Waals surface area contributed by atoms with Crippen LogP contribution in [0.15, 0.2) is 24.4 Å². The molecule has 0 saturated carbocycles. The molecule has 0 aliphatic heterocycles. The molecule has 0 amide bonds. The molecule has 2 rings (SSSR count). The van der Waals surface area contributed by atoms with Crippen LogP contribution >= 0.6 is 11.3 Å². The van der Waals surface area contributed by atoms with Gasteiger partial charge in [0.15, 0.2) is 0 Å². The van der Waals surface area contributed by atoms with Gasteiger partial charge in [0.25, 0.3) is 0 Å². The summed E-state index contributed by atoms with van der Waals surface area (Å²) in [6.07, 6.45) is 1.46. The van der Waals surface area contributed by atoms with Gasteiger partial charge in [-0.2, -0.15) is 5.26 Å². The summed E-state index contributed by atoms with van der Waals surface area (Å²) in [6, 6.07) is 6.74. The average molecular weight is 331 g/mol. The minimum Gasteiger partial charge on any atom is -0.462 e. The van der Waals surface area contributed by atoms with Crippen molar-refractivity contribution in [1.29, 1.82) is 5.26 Å². The highest BCUT2D eigenvalue weighted by Crippen LogP contribution is 2.31. The second-order valence-corrected chi connectivity index (χ2v) is 5.32. The van der Waals surface area contributed by atoms with Crippen molar-refractivity contribution in [2.24, 2.45) is 0 Å². The maximum atomic E-state index is 11.9. The van der Waals surface area contributed by atoms with Gasteiger partial charge in [0.05, 0.1) is 12.2 Å². The van der Waals surface area contributed by atoms with E-state index in [0.717, 1.165) is 11.3 Å². The number of esters is 2. The van der Waals surface area contributed by atoms with Crippen LogP contribution in [0.2, 0.25) is 0 Å². The highest BCUT2D eigenvalue weighted by molar-refractivity contribution is 7.18. The number of anilines is 1. The molecule has 0 aliphatic carbocycles. The number of carbonyl (C=O) groups excluding carboxylic acids is 2. The lowest BCUT2D eigenvalue weighted by atomic mass is 10.1. The van der Waals surface area contributed by atoms with Gasteiger partial charge >= 0.3 is 11.9 Å². The Hall–Kier alpha value is -2.92. The van der Waals surface area contributed by atoms with E-state index in [0.29, 0.717) is 0 Å². The molecular weight excluding hydrogens is 318 g/mol. The van der Waals surface area contributed by atoms with Gasteiger partial charge in [-0.1, -0.05) is 6.07 Å². The van der Waals surface area contributed by atoms with Gasteiger partial charge in [-0.05, 0) is 19.1 Å². The van der Waals surface area contributed by atoms with Crippen LogP contribution in [0, 0.1) is 11.3 Å². The number of hydrogen-bond acceptors (Lipinski definition) is 8. The normalized spacial score (nSPS) is 9.91. The predicted molar refractivity (Wildman–Crippen MR) is 82.8 cm³/mol. The third-order valence-electron chi connectivity index (χ3n) is 2.83. The first kappa shape index (κ1) is 16.5. The summed E-state index contributed by atoms with van der Waals surface area (Å²) in [5.74, 6) is -1.26. The number of aromatic nitrogens is 1. The van der Waals surface area contributed by atoms with E-state index in [1.165, 1.54) is 12.3 Å². The zero-order chi connectivity index (χ0) is 16.8. The number of nitrogens with zero attached hydrogens (tertiary/aromatic N) is 2. The number of hydrogen-bond donors (Lipinski definition) is 1. The van der Waals surface area contributed by atoms with E-state index in [1.54, 1.807) is 19.1 Å². The molecule has 2 aromatic rings. The van der Waals surface area contributed by atoms with Gasteiger partial charge in [0.1, 0.15) is 28.2 Å². The fourth-order valence-corrected chi connectivity index (χ4v) is 2.72. The molecule has 2 aromatic heterocycles. The lowest BCUT2D eigenvalue weighted by Crippen LogP contribution is -2.11. The largest absolute Gasteiger partial charge is 0.462 e. The molecule has 0 aromatic carbocycles. The molecule has 2 N–H and O–H groups in total. The summed E-state index contributed by atoms with van der Waals surface area (Å²) in [6.45, 7) is 1.59. The maximum absolute atomic E-state index is 11.9. The van der Waals surface area contributed by atoms with E-state index >= 15 is 0 Å². The van der Waals surface area contributed by atoms with Gasteiger partial charge in [0.2, 0.25) is 0 Å². The Morgan fingerprint density at radius 2 is 2.13 bits per heavy atom. The number of nitrogen functional groups attached to an aromatic ring is 1. The van der Waals surface area contributed by atoms with Crippen molar-refractivity contribution in [3.8, 4) is 6.07 Å². The molecule has 0 atom stereocenters. The molecule has 7 nitrogen and oxygen atoms in total. The molecule has 0 bridgehead atoms. The molecule has 0 unspecified atom stereocenters. The van der Waals surface area contributed by atoms with Gasteiger partial charge < -0.3 is 15.2 Å². The third-order valence-corrected chi connectivity index (χ3v) is 3.87. The fourth-order valence-electron chi connectivity index (χ4n) is 1.80. The lowest BCUT2D eigenvalue weighted by molar-refractivity contribution is 0.0447. The monoisotopic (exact) mass is 331 g/mol. The third kappa shape index (κ3) is 3.64. The minimum atomic E-state index is -0.658. The second-order valence-electron chi connectivity index (χ2n) is 4.27. The molecule has 23 heavy (non-hydrogen) atoms. The molecule has 0 saturated heterocycles. The Balaban J connectivity index is 2.23. The molecule has 0 spiro atoms. The quantitative estimate of drug-likeness (QED) is 0.834. The van der Waals surface area contributed by atoms with E-state index in [4.69, 9.17) is 15.2 Å². The van der Waals surface area contributed by atoms with Gasteiger partial charge in [-0.25, -0.2) is 14.6 Å². The first-order valence-electron chi connectivity index (χ1n) is 6.65. The summed E-state index contributed by atoms with van der Waals surface area (Å²) in [4.78, 5) is 27.9. The van der Waals surface area contributed by atoms with Crippen LogP contribution < -0.4 is 5.73 Å². The molecule has 8 heteroatoms. The Labute approximate surface area is 136 Å². The van der Waals surface area contributed by atoms with Crippen molar-refractivity contribution in [1.82, 2.24) is 4.98 Å². The smallest absolute Gasteiger partial charge is 0.357 e. The number of nitriles is 1. The van der Waals surface area contributed by atoms with Crippen molar-refractivity contribution < 1.29 is 19.1 Å². The Bertz CT molecular complexity index is 765. The SMILES string of the molecule is CCOC(=O)c1sc(N)c(C#N)c1COC(=O)c1ccccn1. The van der Waals surface area contributed by atoms with E-state index in [1.807, 2.05) is 6.07 Å². The Morgan fingerprint density at radius 3 is 2.74 bits per heavy atom. The predicted octanol–water partition coefficient (Wildman–Crippen LogP) is 2.13. The molecule has 0 fully saturated rings. The number of rotatable bonds is 5. The van der Waals surface area contributed by atoms with Crippen molar-refractivity contribution in [2.75, 3.05) is 12.3 Å². The van der Waals surface area contributed by atoms with Crippen LogP contribution in [0.1, 0.15) is 38.2 Å². The fraction of sp³-hybridized carbons (Fsp3) is 0.200. The van der Waals surface area contributed by atoms with Gasteiger partial charge in [-0.3, -0.25) is 0 Å². The molecular formula is C15H13N3O4S. The van der Waals surface area contributed by atoms with Crippen LogP contribution in [0.4, 0.5) is 5.00 Å². The number of thiophene rings is 1. The average Bonchev–Trinajstić information content (AvgIpc) is 2.89. The van der Waals surface area contributed by atoms with E-state index in [2.05, 4.69) is 4.98 Å². The van der Waals surface area contributed by atoms with Crippen LogP contribution in [0.25, 0.3) is 0 Å². The number of ether oxygens (including phenoxy) is 2. The van der Waals surface area contributed by atoms with Crippen LogP contribution in [-0.2, 0) is 16.1 Å². The number of nitrogens with two attached hydrogens (primary N) is 1. The van der Waals surface area contributed by atoms with Crippen LogP contribution in [0.5, 0.6) is 0 Å². The van der Waals surface area contributed by atoms with Crippen LogP contribution in [0.3, 0.4) is 0 Å². The Morgan fingerprint density at radius 1 is 1.35 bits per heavy atom. The zero-order valence-electron chi connectivity index (χ0n) is 12.2. The standard InChI is InChI=1S/C15H13N3O4S/c1-2-21-15(20)12-10(9(7-16)13(17)23-12)8-22-14(19)11-5-3-4-6-18-11/h3-6H,2,8,17H2,1H3. The van der Waals surface area contributed by atoms with Crippen molar-refractivity contribution >= 4 is 28.3 Å². The second kappa shape index (κ2) is 7.38. The summed E-state index contributed by atoms with van der Waals surface area (Å²) < 4.78 is 10.1. The molecule has 2 heterocycles. The first-order chi connectivity index (χ1) is 11.1. The van der Waals surface area contributed by atoms with Gasteiger partial charge in [0, 0.05) is 11.8 Å². The van der Waals surface area contributed by atoms with Gasteiger partial charge in [-0.15, -0.1) is 11.3 Å². The topological polar surface area (TPSA) is 115 Å². The summed E-state index contributed by atoms with van der Waals surface area (Å²) in [7, 11) is 0. The van der Waals surface area contributed by atoms with Crippen LogP contribution in [-0.4, -0.2) is 23.5 Å². The highest BCUT2D eigenvalue weighted by atomic mass is 32.1. The minimum absolute atomic E-state index is 0.117. The maximum Gasteiger partial charge on any atom is 0.357 e. The highest BCUT2D eigenvalue weighted by Gasteiger charge is 2.24. The zero-order valence-corrected chi connectivity index (χ0v) is 13.1. The van der Waals surface area contributed by atoms with Crippen molar-refractivity contribution in [3.63, 3.8) is 0 Å². The summed E-state index contributed by atoms with van der Waals surface area (Å²) in [5, 5.41) is 9.36. The lowest BCUT2D eigenvalue weighted by Gasteiger charge is -2.06. The van der Waals surface area contributed by atoms with E-state index in [9.17, 15) is 14.9 Å². The van der Waals surface area contributed by atoms with E-state index in [-0.39, 0.29) is 39.9 Å². The summed E-state index contributed by atoms with van der Waals surface area (Å²) in [5.41, 5.74) is 6.24. The van der Waals surface area contributed by atoms with Crippen molar-refractivity contribution in [3.05, 3.63) is 46.1 Å². The molecule has 118 valence electrons. The van der Waals surface area contributed by atoms with Crippen molar-refractivity contribution in [2.45, 2.75) is 13.5 Å². The number of carbonyl (C=O) groups is 2. The first-order valence-corrected chi connectivity index (χ1v) is 7.46. The molecule has 0 aliphatic rings. The summed E-state index contributed by atoms with van der Waals surface area (Å²) >= 11 is 0.935.